The van der Waals surface area contributed by atoms with Gasteiger partial charge < -0.3 is 15.2 Å². The topological polar surface area (TPSA) is 48.0 Å². The average Bonchev–Trinajstić information content (AvgIpc) is 2.47. The zero-order valence-electron chi connectivity index (χ0n) is 12.9. The molecule has 2 saturated heterocycles. The number of methoxy groups -OCH3 is 1. The average molecular weight is 291 g/mol. The Morgan fingerprint density at radius 1 is 1.29 bits per heavy atom. The number of phenolic OH excluding ortho intramolecular Hbond substituents is 1. The zero-order chi connectivity index (χ0) is 14.8. The molecule has 2 N–H and O–H groups in total. The number of benzene rings is 1. The maximum Gasteiger partial charge on any atom is 0.120 e. The number of nitrogens with zero attached hydrogens (tertiary/aromatic N) is 2. The van der Waals surface area contributed by atoms with Crippen LogP contribution in [0.3, 0.4) is 0 Å². The van der Waals surface area contributed by atoms with Crippen molar-refractivity contribution in [3.8, 4) is 11.5 Å². The highest BCUT2D eigenvalue weighted by Gasteiger charge is 2.35. The Labute approximate surface area is 126 Å². The monoisotopic (exact) mass is 291 g/mol. The SMILES string of the molecule is COc1ccc(O)c(C(C)N2CC(N3CCNCC3)C2)c1. The van der Waals surface area contributed by atoms with Crippen molar-refractivity contribution >= 4 is 0 Å². The largest absolute Gasteiger partial charge is 0.508 e. The molecule has 0 spiro atoms. The molecule has 2 aliphatic rings. The lowest BCUT2D eigenvalue weighted by molar-refractivity contribution is 0.00293. The van der Waals surface area contributed by atoms with E-state index in [1.165, 1.54) is 0 Å². The van der Waals surface area contributed by atoms with Crippen LogP contribution in [-0.4, -0.2) is 67.3 Å². The van der Waals surface area contributed by atoms with Crippen LogP contribution in [0.4, 0.5) is 0 Å². The van der Waals surface area contributed by atoms with Gasteiger partial charge in [0.1, 0.15) is 11.5 Å². The molecule has 1 aromatic carbocycles. The van der Waals surface area contributed by atoms with Gasteiger partial charge in [-0.2, -0.15) is 0 Å². The van der Waals surface area contributed by atoms with Crippen molar-refractivity contribution in [3.05, 3.63) is 23.8 Å². The van der Waals surface area contributed by atoms with Crippen LogP contribution in [0.5, 0.6) is 11.5 Å². The Morgan fingerprint density at radius 2 is 2.00 bits per heavy atom. The minimum atomic E-state index is 0.222. The molecule has 2 heterocycles. The molecule has 5 heteroatoms. The van der Waals surface area contributed by atoms with Crippen molar-refractivity contribution in [2.45, 2.75) is 19.0 Å². The maximum atomic E-state index is 10.1. The van der Waals surface area contributed by atoms with E-state index in [9.17, 15) is 5.11 Å². The number of hydrogen-bond acceptors (Lipinski definition) is 5. The fourth-order valence-corrected chi connectivity index (χ4v) is 3.27. The van der Waals surface area contributed by atoms with E-state index >= 15 is 0 Å². The number of aromatic hydroxyl groups is 1. The van der Waals surface area contributed by atoms with Crippen molar-refractivity contribution in [2.24, 2.45) is 0 Å². The van der Waals surface area contributed by atoms with E-state index in [1.807, 2.05) is 6.07 Å². The summed E-state index contributed by atoms with van der Waals surface area (Å²) in [6.07, 6.45) is 0. The lowest BCUT2D eigenvalue weighted by Crippen LogP contribution is -2.62. The first-order chi connectivity index (χ1) is 10.2. The van der Waals surface area contributed by atoms with Gasteiger partial charge in [0.2, 0.25) is 0 Å². The number of phenols is 1. The van der Waals surface area contributed by atoms with Gasteiger partial charge in [-0.3, -0.25) is 9.80 Å². The number of hydrogen-bond donors (Lipinski definition) is 2. The first kappa shape index (κ1) is 14.6. The summed E-state index contributed by atoms with van der Waals surface area (Å²) >= 11 is 0. The van der Waals surface area contributed by atoms with Gasteiger partial charge in [-0.05, 0) is 25.1 Å². The third kappa shape index (κ3) is 3.00. The molecule has 0 bridgehead atoms. The summed E-state index contributed by atoms with van der Waals surface area (Å²) in [5, 5.41) is 13.5. The van der Waals surface area contributed by atoms with Gasteiger partial charge in [0, 0.05) is 56.9 Å². The number of rotatable bonds is 4. The summed E-state index contributed by atoms with van der Waals surface area (Å²) < 4.78 is 5.26. The molecule has 0 saturated carbocycles. The summed E-state index contributed by atoms with van der Waals surface area (Å²) in [5.74, 6) is 1.16. The molecule has 3 rings (SSSR count). The molecule has 21 heavy (non-hydrogen) atoms. The van der Waals surface area contributed by atoms with Crippen molar-refractivity contribution in [3.63, 3.8) is 0 Å². The number of piperazine rings is 1. The summed E-state index contributed by atoms with van der Waals surface area (Å²) in [4.78, 5) is 4.99. The fraction of sp³-hybridized carbons (Fsp3) is 0.625. The second kappa shape index (κ2) is 6.22. The van der Waals surface area contributed by atoms with Crippen molar-refractivity contribution in [2.75, 3.05) is 46.4 Å². The number of likely N-dealkylation sites (tertiary alicyclic amines) is 1. The third-order valence-corrected chi connectivity index (χ3v) is 4.79. The molecule has 116 valence electrons. The van der Waals surface area contributed by atoms with Gasteiger partial charge in [0.05, 0.1) is 7.11 Å². The highest BCUT2D eigenvalue weighted by atomic mass is 16.5. The number of ether oxygens (including phenoxy) is 1. The van der Waals surface area contributed by atoms with E-state index in [1.54, 1.807) is 19.2 Å². The lowest BCUT2D eigenvalue weighted by Gasteiger charge is -2.49. The van der Waals surface area contributed by atoms with Crippen molar-refractivity contribution < 1.29 is 9.84 Å². The van der Waals surface area contributed by atoms with Crippen LogP contribution in [0.2, 0.25) is 0 Å². The minimum absolute atomic E-state index is 0.222. The van der Waals surface area contributed by atoms with Crippen LogP contribution in [0.25, 0.3) is 0 Å². The minimum Gasteiger partial charge on any atom is -0.508 e. The molecule has 2 fully saturated rings. The standard InChI is InChI=1S/C16H25N3O2/c1-12(15-9-14(21-2)3-4-16(15)20)19-10-13(11-19)18-7-5-17-6-8-18/h3-4,9,12-13,17,20H,5-8,10-11H2,1-2H3. The highest BCUT2D eigenvalue weighted by Crippen LogP contribution is 2.34. The zero-order valence-corrected chi connectivity index (χ0v) is 12.9. The predicted molar refractivity (Wildman–Crippen MR) is 82.9 cm³/mol. The Kier molecular flexibility index (Phi) is 4.33. The molecule has 1 unspecified atom stereocenters. The van der Waals surface area contributed by atoms with Gasteiger partial charge in [0.25, 0.3) is 0 Å². The summed E-state index contributed by atoms with van der Waals surface area (Å²) in [6.45, 7) is 8.82. The van der Waals surface area contributed by atoms with Gasteiger partial charge in [0.15, 0.2) is 0 Å². The van der Waals surface area contributed by atoms with Crippen LogP contribution in [0.15, 0.2) is 18.2 Å². The smallest absolute Gasteiger partial charge is 0.120 e. The molecule has 0 aromatic heterocycles. The summed E-state index contributed by atoms with van der Waals surface area (Å²) in [5.41, 5.74) is 0.952. The predicted octanol–water partition coefficient (Wildman–Crippen LogP) is 1.05. The first-order valence-electron chi connectivity index (χ1n) is 7.74. The summed E-state index contributed by atoms with van der Waals surface area (Å²) in [7, 11) is 1.66. The van der Waals surface area contributed by atoms with Crippen LogP contribution in [0.1, 0.15) is 18.5 Å². The molecule has 2 aliphatic heterocycles. The van der Waals surface area contributed by atoms with Crippen LogP contribution >= 0.6 is 0 Å². The third-order valence-electron chi connectivity index (χ3n) is 4.79. The second-order valence-corrected chi connectivity index (χ2v) is 5.99. The lowest BCUT2D eigenvalue weighted by atomic mass is 9.98. The normalized spacial score (nSPS) is 22.8. The van der Waals surface area contributed by atoms with E-state index < -0.39 is 0 Å². The molecule has 0 radical (unpaired) electrons. The summed E-state index contributed by atoms with van der Waals surface area (Å²) in [6, 6.07) is 6.35. The van der Waals surface area contributed by atoms with Gasteiger partial charge in [-0.1, -0.05) is 0 Å². The van der Waals surface area contributed by atoms with Crippen molar-refractivity contribution in [1.29, 1.82) is 0 Å². The molecule has 1 atom stereocenters. The van der Waals surface area contributed by atoms with E-state index in [-0.39, 0.29) is 6.04 Å². The van der Waals surface area contributed by atoms with Gasteiger partial charge in [-0.15, -0.1) is 0 Å². The Morgan fingerprint density at radius 3 is 2.67 bits per heavy atom. The van der Waals surface area contributed by atoms with E-state index in [4.69, 9.17) is 4.74 Å². The number of nitrogens with one attached hydrogen (secondary N) is 1. The maximum absolute atomic E-state index is 10.1. The van der Waals surface area contributed by atoms with E-state index in [2.05, 4.69) is 22.0 Å². The second-order valence-electron chi connectivity index (χ2n) is 5.99. The van der Waals surface area contributed by atoms with Crippen LogP contribution in [0, 0.1) is 0 Å². The fourth-order valence-electron chi connectivity index (χ4n) is 3.27. The Hall–Kier alpha value is -1.30. The molecule has 0 aliphatic carbocycles. The Balaban J connectivity index is 1.61. The van der Waals surface area contributed by atoms with Crippen LogP contribution < -0.4 is 10.1 Å². The molecule has 0 amide bonds. The quantitative estimate of drug-likeness (QED) is 0.868. The molecular weight excluding hydrogens is 266 g/mol. The van der Waals surface area contributed by atoms with Gasteiger partial charge in [-0.25, -0.2) is 0 Å². The first-order valence-corrected chi connectivity index (χ1v) is 7.74. The van der Waals surface area contributed by atoms with Crippen LogP contribution in [-0.2, 0) is 0 Å². The molecule has 5 nitrogen and oxygen atoms in total. The van der Waals surface area contributed by atoms with Gasteiger partial charge >= 0.3 is 0 Å². The van der Waals surface area contributed by atoms with E-state index in [0.717, 1.165) is 50.6 Å². The molecular formula is C16H25N3O2. The van der Waals surface area contributed by atoms with Crippen molar-refractivity contribution in [1.82, 2.24) is 15.1 Å². The molecule has 1 aromatic rings. The highest BCUT2D eigenvalue weighted by molar-refractivity contribution is 5.41. The van der Waals surface area contributed by atoms with E-state index in [0.29, 0.717) is 11.8 Å². The Bertz CT molecular complexity index is 482.